The first-order valence-electron chi connectivity index (χ1n) is 9.76. The maximum Gasteiger partial charge on any atom is 0.224 e. The highest BCUT2D eigenvalue weighted by molar-refractivity contribution is 5.87. The van der Waals surface area contributed by atoms with Crippen molar-refractivity contribution in [2.24, 2.45) is 23.2 Å². The molecule has 0 unspecified atom stereocenters. The molecular formula is C21H34N2O3. The van der Waals surface area contributed by atoms with Gasteiger partial charge in [-0.2, -0.15) is 5.26 Å². The first kappa shape index (κ1) is 22.3. The van der Waals surface area contributed by atoms with E-state index in [2.05, 4.69) is 11.4 Å². The molecule has 3 atom stereocenters. The molecule has 0 aromatic heterocycles. The summed E-state index contributed by atoms with van der Waals surface area (Å²) in [5, 5.41) is 12.2. The van der Waals surface area contributed by atoms with Crippen LogP contribution in [0.1, 0.15) is 79.6 Å². The molecule has 5 heteroatoms. The van der Waals surface area contributed by atoms with Crippen molar-refractivity contribution in [3.05, 3.63) is 0 Å². The summed E-state index contributed by atoms with van der Waals surface area (Å²) in [4.78, 5) is 36.8. The molecule has 26 heavy (non-hydrogen) atoms. The molecule has 0 aromatic carbocycles. The predicted octanol–water partition coefficient (Wildman–Crippen LogP) is 3.81. The Labute approximate surface area is 157 Å². The van der Waals surface area contributed by atoms with Crippen LogP contribution in [0, 0.1) is 34.5 Å². The highest BCUT2D eigenvalue weighted by Gasteiger charge is 2.30. The maximum absolute atomic E-state index is 12.7. The number of nitriles is 1. The van der Waals surface area contributed by atoms with Gasteiger partial charge in [-0.05, 0) is 37.0 Å². The highest BCUT2D eigenvalue weighted by Crippen LogP contribution is 2.26. The zero-order chi connectivity index (χ0) is 19.9. The zero-order valence-corrected chi connectivity index (χ0v) is 16.9. The molecule has 146 valence electrons. The van der Waals surface area contributed by atoms with Gasteiger partial charge in [-0.1, -0.05) is 34.6 Å². The van der Waals surface area contributed by atoms with Gasteiger partial charge < -0.3 is 5.32 Å². The van der Waals surface area contributed by atoms with Crippen LogP contribution in [0.5, 0.6) is 0 Å². The fraction of sp³-hybridized carbons (Fsp3) is 0.810. The Morgan fingerprint density at radius 3 is 2.42 bits per heavy atom. The monoisotopic (exact) mass is 362 g/mol. The Balaban J connectivity index is 2.69. The Kier molecular flexibility index (Phi) is 8.46. The van der Waals surface area contributed by atoms with E-state index in [1.807, 2.05) is 34.6 Å². The fourth-order valence-electron chi connectivity index (χ4n) is 3.65. The summed E-state index contributed by atoms with van der Waals surface area (Å²) in [7, 11) is 0. The molecule has 0 aromatic rings. The molecule has 0 spiro atoms. The third-order valence-electron chi connectivity index (χ3n) is 4.75. The van der Waals surface area contributed by atoms with Crippen molar-refractivity contribution in [1.82, 2.24) is 5.32 Å². The van der Waals surface area contributed by atoms with E-state index in [-0.39, 0.29) is 41.1 Å². The number of amides is 1. The van der Waals surface area contributed by atoms with Crippen LogP contribution in [-0.2, 0) is 14.4 Å². The molecule has 0 aliphatic heterocycles. The second-order valence-corrected chi connectivity index (χ2v) is 9.29. The van der Waals surface area contributed by atoms with Gasteiger partial charge in [0.15, 0.2) is 0 Å². The number of ketones is 2. The second kappa shape index (κ2) is 9.85. The molecule has 1 amide bonds. The first-order valence-corrected chi connectivity index (χ1v) is 9.76. The van der Waals surface area contributed by atoms with E-state index >= 15 is 0 Å². The van der Waals surface area contributed by atoms with Crippen molar-refractivity contribution < 1.29 is 14.4 Å². The molecule has 0 radical (unpaired) electrons. The molecular weight excluding hydrogens is 328 g/mol. The normalized spacial score (nSPS) is 19.9. The minimum absolute atomic E-state index is 0.0813. The fourth-order valence-corrected chi connectivity index (χ4v) is 3.65. The third-order valence-corrected chi connectivity index (χ3v) is 4.75. The average molecular weight is 363 g/mol. The van der Waals surface area contributed by atoms with Crippen molar-refractivity contribution >= 4 is 17.5 Å². The summed E-state index contributed by atoms with van der Waals surface area (Å²) in [5.74, 6) is -0.217. The number of Topliss-reactive ketones (excluding diaryl/α,β-unsaturated/α-hetero) is 2. The van der Waals surface area contributed by atoms with Gasteiger partial charge in [0.25, 0.3) is 0 Å². The lowest BCUT2D eigenvalue weighted by Crippen LogP contribution is -2.40. The lowest BCUT2D eigenvalue weighted by Gasteiger charge is -2.23. The first-order chi connectivity index (χ1) is 12.0. The molecule has 0 bridgehead atoms. The Morgan fingerprint density at radius 1 is 1.31 bits per heavy atom. The summed E-state index contributed by atoms with van der Waals surface area (Å²) in [6.45, 7) is 10.1. The van der Waals surface area contributed by atoms with Crippen LogP contribution < -0.4 is 5.32 Å². The molecule has 1 saturated carbocycles. The third kappa shape index (κ3) is 8.12. The van der Waals surface area contributed by atoms with E-state index in [1.54, 1.807) is 0 Å². The van der Waals surface area contributed by atoms with Gasteiger partial charge in [0.1, 0.15) is 17.6 Å². The number of hydrogen-bond donors (Lipinski definition) is 1. The van der Waals surface area contributed by atoms with Crippen LogP contribution in [0.3, 0.4) is 0 Å². The Bertz CT molecular complexity index is 555. The van der Waals surface area contributed by atoms with E-state index in [9.17, 15) is 19.6 Å². The van der Waals surface area contributed by atoms with Gasteiger partial charge >= 0.3 is 0 Å². The van der Waals surface area contributed by atoms with E-state index in [4.69, 9.17) is 0 Å². The number of carbonyl (C=O) groups excluding carboxylic acids is 3. The number of rotatable bonds is 9. The molecule has 1 N–H and O–H groups in total. The summed E-state index contributed by atoms with van der Waals surface area (Å²) in [5.41, 5.74) is -0.103. The second-order valence-electron chi connectivity index (χ2n) is 9.29. The van der Waals surface area contributed by atoms with Crippen molar-refractivity contribution in [2.75, 3.05) is 0 Å². The Hall–Kier alpha value is -1.70. The lowest BCUT2D eigenvalue weighted by atomic mass is 9.84. The van der Waals surface area contributed by atoms with Crippen molar-refractivity contribution in [3.63, 3.8) is 0 Å². The van der Waals surface area contributed by atoms with Gasteiger partial charge in [0, 0.05) is 31.1 Å². The van der Waals surface area contributed by atoms with E-state index in [0.29, 0.717) is 25.7 Å². The van der Waals surface area contributed by atoms with E-state index in [0.717, 1.165) is 12.8 Å². The zero-order valence-electron chi connectivity index (χ0n) is 16.9. The van der Waals surface area contributed by atoms with Gasteiger partial charge in [-0.3, -0.25) is 14.4 Å². The number of nitrogens with zero attached hydrogens (tertiary/aromatic N) is 1. The van der Waals surface area contributed by atoms with Crippen molar-refractivity contribution in [2.45, 2.75) is 85.6 Å². The summed E-state index contributed by atoms with van der Waals surface area (Å²) < 4.78 is 0. The minimum Gasteiger partial charge on any atom is -0.340 e. The van der Waals surface area contributed by atoms with Crippen LogP contribution >= 0.6 is 0 Å². The van der Waals surface area contributed by atoms with Gasteiger partial charge in [0.2, 0.25) is 5.91 Å². The van der Waals surface area contributed by atoms with Crippen LogP contribution in [0.25, 0.3) is 0 Å². The van der Waals surface area contributed by atoms with Crippen LogP contribution in [0.4, 0.5) is 0 Å². The predicted molar refractivity (Wildman–Crippen MR) is 101 cm³/mol. The van der Waals surface area contributed by atoms with Crippen LogP contribution in [0.2, 0.25) is 0 Å². The largest absolute Gasteiger partial charge is 0.340 e. The van der Waals surface area contributed by atoms with E-state index < -0.39 is 12.0 Å². The number of nitrogens with one attached hydrogen (secondary N) is 1. The van der Waals surface area contributed by atoms with Gasteiger partial charge in [-0.25, -0.2) is 0 Å². The van der Waals surface area contributed by atoms with Crippen molar-refractivity contribution in [1.29, 1.82) is 5.26 Å². The SMILES string of the molecule is CC(C)C[C@H](CC(=O)CC(C)(C)C)C(=O)N[C@H](C#N)C[C@@H]1CCCC1=O. The average Bonchev–Trinajstić information content (AvgIpc) is 2.88. The molecule has 1 aliphatic carbocycles. The van der Waals surface area contributed by atoms with E-state index in [1.165, 1.54) is 0 Å². The molecule has 0 heterocycles. The summed E-state index contributed by atoms with van der Waals surface area (Å²) >= 11 is 0. The quantitative estimate of drug-likeness (QED) is 0.675. The van der Waals surface area contributed by atoms with Crippen LogP contribution in [-0.4, -0.2) is 23.5 Å². The van der Waals surface area contributed by atoms with Crippen molar-refractivity contribution in [3.8, 4) is 6.07 Å². The number of carbonyl (C=O) groups is 3. The number of hydrogen-bond acceptors (Lipinski definition) is 4. The lowest BCUT2D eigenvalue weighted by molar-refractivity contribution is -0.131. The Morgan fingerprint density at radius 2 is 1.96 bits per heavy atom. The highest BCUT2D eigenvalue weighted by atomic mass is 16.2. The smallest absolute Gasteiger partial charge is 0.224 e. The molecule has 0 saturated heterocycles. The van der Waals surface area contributed by atoms with Gasteiger partial charge in [0.05, 0.1) is 6.07 Å². The molecule has 1 rings (SSSR count). The molecule has 1 aliphatic rings. The van der Waals surface area contributed by atoms with Crippen LogP contribution in [0.15, 0.2) is 0 Å². The summed E-state index contributed by atoms with van der Waals surface area (Å²) in [6, 6.07) is 1.45. The molecule has 5 nitrogen and oxygen atoms in total. The van der Waals surface area contributed by atoms with Gasteiger partial charge in [-0.15, -0.1) is 0 Å². The minimum atomic E-state index is -0.665. The maximum atomic E-state index is 12.7. The molecule has 1 fully saturated rings. The summed E-state index contributed by atoms with van der Waals surface area (Å²) in [6.07, 6.45) is 3.88. The topological polar surface area (TPSA) is 87.0 Å². The standard InChI is InChI=1S/C21H34N2O3/c1-14(2)9-16(11-18(24)12-21(3,4)5)20(26)23-17(13-22)10-15-7-6-8-19(15)25/h14-17H,6-12H2,1-5H3,(H,23,26)/t15-,16+,17-/m0/s1.